The number of nitrogens with zero attached hydrogens (tertiary/aromatic N) is 2. The molecule has 0 saturated carbocycles. The second-order valence-corrected chi connectivity index (χ2v) is 7.26. The maximum absolute atomic E-state index is 12.3. The Hall–Kier alpha value is -2.31. The van der Waals surface area contributed by atoms with E-state index >= 15 is 0 Å². The smallest absolute Gasteiger partial charge is 0.287 e. The molecule has 1 atom stereocenters. The van der Waals surface area contributed by atoms with E-state index in [2.05, 4.69) is 40.4 Å². The Bertz CT molecular complexity index is 769. The zero-order valence-corrected chi connectivity index (χ0v) is 15.8. The number of furan rings is 1. The van der Waals surface area contributed by atoms with Gasteiger partial charge in [0, 0.05) is 38.9 Å². The van der Waals surface area contributed by atoms with Crippen LogP contribution in [0.25, 0.3) is 0 Å². The van der Waals surface area contributed by atoms with E-state index in [0.717, 1.165) is 39.3 Å². The van der Waals surface area contributed by atoms with Crippen molar-refractivity contribution in [2.75, 3.05) is 51.3 Å². The average molecular weight is 369 g/mol. The van der Waals surface area contributed by atoms with Gasteiger partial charge >= 0.3 is 0 Å². The molecule has 6 heteroatoms. The van der Waals surface area contributed by atoms with E-state index in [0.29, 0.717) is 12.3 Å². The number of hydrogen-bond acceptors (Lipinski definition) is 5. The molecule has 3 heterocycles. The van der Waals surface area contributed by atoms with Crippen molar-refractivity contribution in [3.05, 3.63) is 53.5 Å². The lowest BCUT2D eigenvalue weighted by Gasteiger charge is -2.36. The van der Waals surface area contributed by atoms with Crippen LogP contribution in [0.15, 0.2) is 41.0 Å². The first kappa shape index (κ1) is 18.1. The largest absolute Gasteiger partial charge is 0.459 e. The van der Waals surface area contributed by atoms with E-state index in [-0.39, 0.29) is 11.9 Å². The van der Waals surface area contributed by atoms with Crippen molar-refractivity contribution in [2.24, 2.45) is 0 Å². The van der Waals surface area contributed by atoms with Gasteiger partial charge in [0.1, 0.15) is 0 Å². The summed E-state index contributed by atoms with van der Waals surface area (Å²) >= 11 is 0. The molecule has 1 amide bonds. The first-order chi connectivity index (χ1) is 13.2. The number of amides is 1. The molecule has 0 radical (unpaired) electrons. The summed E-state index contributed by atoms with van der Waals surface area (Å²) in [4.78, 5) is 17.1. The lowest BCUT2D eigenvalue weighted by molar-refractivity contribution is 0.0161. The van der Waals surface area contributed by atoms with E-state index in [1.54, 1.807) is 12.1 Å². The van der Waals surface area contributed by atoms with E-state index in [9.17, 15) is 4.79 Å². The molecule has 1 saturated heterocycles. The molecule has 1 fully saturated rings. The minimum Gasteiger partial charge on any atom is -0.459 e. The summed E-state index contributed by atoms with van der Waals surface area (Å²) in [6.07, 6.45) is 3.82. The number of aryl methyl sites for hydroxylation is 1. The van der Waals surface area contributed by atoms with E-state index in [4.69, 9.17) is 9.15 Å². The van der Waals surface area contributed by atoms with Gasteiger partial charge in [-0.1, -0.05) is 12.1 Å². The number of fused-ring (bicyclic) bond motifs is 1. The molecule has 2 aliphatic heterocycles. The van der Waals surface area contributed by atoms with E-state index in [1.165, 1.54) is 29.5 Å². The molecule has 0 bridgehead atoms. The van der Waals surface area contributed by atoms with Crippen LogP contribution in [0.5, 0.6) is 0 Å². The number of rotatable bonds is 5. The molecule has 27 heavy (non-hydrogen) atoms. The third kappa shape index (κ3) is 4.01. The number of hydrogen-bond donors (Lipinski definition) is 1. The van der Waals surface area contributed by atoms with Crippen molar-refractivity contribution in [1.29, 1.82) is 0 Å². The summed E-state index contributed by atoms with van der Waals surface area (Å²) in [6.45, 7) is 4.87. The zero-order chi connectivity index (χ0) is 18.6. The monoisotopic (exact) mass is 369 g/mol. The lowest BCUT2D eigenvalue weighted by Crippen LogP contribution is -2.43. The minimum atomic E-state index is -0.170. The third-order valence-corrected chi connectivity index (χ3v) is 5.53. The topological polar surface area (TPSA) is 58.0 Å². The molecular formula is C21H27N3O3. The predicted octanol–water partition coefficient (Wildman–Crippen LogP) is 2.47. The van der Waals surface area contributed by atoms with Gasteiger partial charge in [0.2, 0.25) is 0 Å². The average Bonchev–Trinajstić information content (AvgIpc) is 3.24. The number of nitrogens with one attached hydrogen (secondary N) is 1. The van der Waals surface area contributed by atoms with Crippen LogP contribution in [0.2, 0.25) is 0 Å². The molecule has 1 aromatic carbocycles. The van der Waals surface area contributed by atoms with Gasteiger partial charge < -0.3 is 19.4 Å². The molecule has 4 rings (SSSR count). The van der Waals surface area contributed by atoms with Gasteiger partial charge in [0.15, 0.2) is 5.76 Å². The van der Waals surface area contributed by atoms with Gasteiger partial charge in [0.25, 0.3) is 5.91 Å². The lowest BCUT2D eigenvalue weighted by atomic mass is 9.95. The summed E-state index contributed by atoms with van der Waals surface area (Å²) < 4.78 is 10.7. The van der Waals surface area contributed by atoms with Crippen LogP contribution in [0, 0.1) is 0 Å². The Morgan fingerprint density at radius 3 is 2.85 bits per heavy atom. The predicted molar refractivity (Wildman–Crippen MR) is 104 cm³/mol. The quantitative estimate of drug-likeness (QED) is 0.877. The fourth-order valence-corrected chi connectivity index (χ4v) is 4.04. The molecule has 0 aliphatic carbocycles. The summed E-state index contributed by atoms with van der Waals surface area (Å²) in [5, 5.41) is 3.04. The maximum Gasteiger partial charge on any atom is 0.287 e. The van der Waals surface area contributed by atoms with Crippen molar-refractivity contribution >= 4 is 11.6 Å². The van der Waals surface area contributed by atoms with Crippen LogP contribution in [-0.4, -0.2) is 57.2 Å². The first-order valence-corrected chi connectivity index (χ1v) is 9.70. The Kier molecular flexibility index (Phi) is 5.45. The van der Waals surface area contributed by atoms with E-state index in [1.807, 2.05) is 0 Å². The van der Waals surface area contributed by atoms with Gasteiger partial charge in [-0.05, 0) is 42.2 Å². The normalized spacial score (nSPS) is 18.8. The summed E-state index contributed by atoms with van der Waals surface area (Å²) in [7, 11) is 2.15. The molecule has 1 aromatic heterocycles. The fraction of sp³-hybridized carbons (Fsp3) is 0.476. The van der Waals surface area contributed by atoms with Crippen LogP contribution in [-0.2, 0) is 11.2 Å². The standard InChI is InChI=1S/C21H27N3O3/c1-23-8-2-4-16-14-17(6-7-18(16)23)19(24-9-12-26-13-10-24)15-22-21(25)20-5-3-11-27-20/h3,5-7,11,14,19H,2,4,8-10,12-13,15H2,1H3,(H,22,25). The van der Waals surface area contributed by atoms with Crippen LogP contribution >= 0.6 is 0 Å². The molecule has 1 unspecified atom stereocenters. The van der Waals surface area contributed by atoms with Crippen molar-refractivity contribution in [2.45, 2.75) is 18.9 Å². The maximum atomic E-state index is 12.3. The molecule has 144 valence electrons. The summed E-state index contributed by atoms with van der Waals surface area (Å²) in [5.41, 5.74) is 3.98. The Morgan fingerprint density at radius 1 is 1.22 bits per heavy atom. The second-order valence-electron chi connectivity index (χ2n) is 7.26. The summed E-state index contributed by atoms with van der Waals surface area (Å²) in [5.74, 6) is 0.179. The number of carbonyl (C=O) groups excluding carboxylic acids is 1. The number of carbonyl (C=O) groups is 1. The zero-order valence-electron chi connectivity index (χ0n) is 15.8. The first-order valence-electron chi connectivity index (χ1n) is 9.70. The third-order valence-electron chi connectivity index (χ3n) is 5.53. The van der Waals surface area contributed by atoms with Crippen LogP contribution < -0.4 is 10.2 Å². The van der Waals surface area contributed by atoms with Gasteiger partial charge in [-0.15, -0.1) is 0 Å². The molecule has 0 spiro atoms. The second kappa shape index (κ2) is 8.15. The Balaban J connectivity index is 1.55. The van der Waals surface area contributed by atoms with Crippen molar-refractivity contribution < 1.29 is 13.9 Å². The van der Waals surface area contributed by atoms with Gasteiger partial charge in [-0.2, -0.15) is 0 Å². The van der Waals surface area contributed by atoms with E-state index < -0.39 is 0 Å². The molecular weight excluding hydrogens is 342 g/mol. The van der Waals surface area contributed by atoms with Crippen LogP contribution in [0.4, 0.5) is 5.69 Å². The highest BCUT2D eigenvalue weighted by atomic mass is 16.5. The molecule has 6 nitrogen and oxygen atoms in total. The van der Waals surface area contributed by atoms with Crippen molar-refractivity contribution in [1.82, 2.24) is 10.2 Å². The molecule has 2 aliphatic rings. The van der Waals surface area contributed by atoms with Gasteiger partial charge in [0.05, 0.1) is 25.5 Å². The summed E-state index contributed by atoms with van der Waals surface area (Å²) in [6, 6.07) is 10.3. The fourth-order valence-electron chi connectivity index (χ4n) is 4.04. The van der Waals surface area contributed by atoms with Crippen molar-refractivity contribution in [3.8, 4) is 0 Å². The van der Waals surface area contributed by atoms with Crippen LogP contribution in [0.3, 0.4) is 0 Å². The van der Waals surface area contributed by atoms with Gasteiger partial charge in [-0.3, -0.25) is 9.69 Å². The Morgan fingerprint density at radius 2 is 2.07 bits per heavy atom. The number of morpholine rings is 1. The highest BCUT2D eigenvalue weighted by Crippen LogP contribution is 2.31. The number of benzene rings is 1. The minimum absolute atomic E-state index is 0.130. The number of ether oxygens (including phenoxy) is 1. The van der Waals surface area contributed by atoms with Gasteiger partial charge in [-0.25, -0.2) is 0 Å². The SMILES string of the molecule is CN1CCCc2cc(C(CNC(=O)c3ccco3)N3CCOCC3)ccc21. The highest BCUT2D eigenvalue weighted by molar-refractivity contribution is 5.91. The van der Waals surface area contributed by atoms with Crippen LogP contribution in [0.1, 0.15) is 34.1 Å². The number of anilines is 1. The molecule has 1 N–H and O–H groups in total. The molecule has 2 aromatic rings. The van der Waals surface area contributed by atoms with Crippen molar-refractivity contribution in [3.63, 3.8) is 0 Å². The Labute approximate surface area is 160 Å². The highest BCUT2D eigenvalue weighted by Gasteiger charge is 2.25.